The van der Waals surface area contributed by atoms with E-state index >= 15 is 0 Å². The number of nitrogens with zero attached hydrogens (tertiary/aromatic N) is 1. The normalized spacial score (nSPS) is 28.9. The number of piperidine rings is 1. The smallest absolute Gasteiger partial charge is 0.307 e. The van der Waals surface area contributed by atoms with E-state index in [4.69, 9.17) is 9.47 Å². The predicted octanol–water partition coefficient (Wildman–Crippen LogP) is 3.74. The van der Waals surface area contributed by atoms with Crippen molar-refractivity contribution < 1.29 is 19.4 Å². The third-order valence-corrected chi connectivity index (χ3v) is 5.73. The molecule has 0 aromatic carbocycles. The number of allylic oxidation sites excluding steroid dienone is 7. The average molecular weight is 381 g/mol. The molecule has 2 heterocycles. The first-order valence-electron chi connectivity index (χ1n) is 10.1. The minimum Gasteiger partial charge on any atom is -0.481 e. The van der Waals surface area contributed by atoms with E-state index in [-0.39, 0.29) is 18.8 Å². The number of hydrogen-bond acceptors (Lipinski definition) is 4. The Morgan fingerprint density at radius 3 is 3.14 bits per heavy atom. The van der Waals surface area contributed by atoms with Crippen LogP contribution in [0.1, 0.15) is 25.7 Å². The van der Waals surface area contributed by atoms with Crippen LogP contribution in [0.3, 0.4) is 0 Å². The van der Waals surface area contributed by atoms with Crippen LogP contribution >= 0.6 is 0 Å². The fourth-order valence-corrected chi connectivity index (χ4v) is 4.33. The van der Waals surface area contributed by atoms with Gasteiger partial charge in [-0.3, -0.25) is 4.79 Å². The van der Waals surface area contributed by atoms with Gasteiger partial charge in [0.05, 0.1) is 12.2 Å². The van der Waals surface area contributed by atoms with E-state index in [0.29, 0.717) is 6.54 Å². The molecule has 148 valence electrons. The number of likely N-dealkylation sites (tertiary alicyclic amines) is 1. The Bertz CT molecular complexity index is 799. The van der Waals surface area contributed by atoms with E-state index in [1.54, 1.807) is 6.26 Å². The molecule has 5 nitrogen and oxygen atoms in total. The van der Waals surface area contributed by atoms with E-state index in [0.717, 1.165) is 44.3 Å². The molecule has 0 bridgehead atoms. The van der Waals surface area contributed by atoms with Crippen molar-refractivity contribution in [3.05, 3.63) is 71.1 Å². The molecule has 0 saturated carbocycles. The summed E-state index contributed by atoms with van der Waals surface area (Å²) in [6, 6.07) is 0. The lowest BCUT2D eigenvalue weighted by molar-refractivity contribution is -0.143. The fourth-order valence-electron chi connectivity index (χ4n) is 4.33. The predicted molar refractivity (Wildman–Crippen MR) is 107 cm³/mol. The van der Waals surface area contributed by atoms with Crippen molar-refractivity contribution in [3.63, 3.8) is 0 Å². The number of carbonyl (C=O) groups is 1. The van der Waals surface area contributed by atoms with Gasteiger partial charge in [0.25, 0.3) is 0 Å². The second-order valence-corrected chi connectivity index (χ2v) is 7.62. The van der Waals surface area contributed by atoms with Gasteiger partial charge in [0, 0.05) is 18.7 Å². The summed E-state index contributed by atoms with van der Waals surface area (Å²) in [6.45, 7) is 2.79. The van der Waals surface area contributed by atoms with E-state index in [1.807, 2.05) is 6.08 Å². The maximum Gasteiger partial charge on any atom is 0.307 e. The zero-order chi connectivity index (χ0) is 19.3. The Hall–Kier alpha value is -2.37. The minimum atomic E-state index is -0.667. The second kappa shape index (κ2) is 8.76. The summed E-state index contributed by atoms with van der Waals surface area (Å²) in [5.41, 5.74) is 4.76. The van der Waals surface area contributed by atoms with Crippen molar-refractivity contribution >= 4 is 5.97 Å². The van der Waals surface area contributed by atoms with Gasteiger partial charge in [-0.2, -0.15) is 0 Å². The largest absolute Gasteiger partial charge is 0.481 e. The molecular weight excluding hydrogens is 354 g/mol. The maximum atomic E-state index is 11.3. The molecule has 0 amide bonds. The lowest BCUT2D eigenvalue weighted by Gasteiger charge is -2.30. The lowest BCUT2D eigenvalue weighted by Crippen LogP contribution is -2.39. The monoisotopic (exact) mass is 381 g/mol. The first-order chi connectivity index (χ1) is 13.7. The molecule has 1 N–H and O–H groups in total. The third-order valence-electron chi connectivity index (χ3n) is 5.73. The molecule has 1 saturated heterocycles. The van der Waals surface area contributed by atoms with Crippen molar-refractivity contribution in [3.8, 4) is 0 Å². The van der Waals surface area contributed by atoms with Crippen LogP contribution in [-0.4, -0.2) is 48.5 Å². The van der Waals surface area contributed by atoms with Gasteiger partial charge in [0.2, 0.25) is 0 Å². The highest BCUT2D eigenvalue weighted by Gasteiger charge is 2.26. The van der Waals surface area contributed by atoms with Crippen LogP contribution in [0.5, 0.6) is 0 Å². The van der Waals surface area contributed by atoms with Crippen LogP contribution in [0.4, 0.5) is 0 Å². The van der Waals surface area contributed by atoms with Crippen molar-refractivity contribution in [1.82, 2.24) is 4.90 Å². The van der Waals surface area contributed by atoms with Gasteiger partial charge in [0.15, 0.2) is 6.79 Å². The van der Waals surface area contributed by atoms with Crippen LogP contribution in [-0.2, 0) is 14.3 Å². The van der Waals surface area contributed by atoms with Crippen LogP contribution in [0.2, 0.25) is 0 Å². The fraction of sp³-hybridized carbons (Fsp3) is 0.435. The van der Waals surface area contributed by atoms with Crippen LogP contribution in [0, 0.1) is 5.92 Å². The summed E-state index contributed by atoms with van der Waals surface area (Å²) in [4.78, 5) is 13.6. The van der Waals surface area contributed by atoms with Gasteiger partial charge in [-0.15, -0.1) is 0 Å². The van der Waals surface area contributed by atoms with Gasteiger partial charge in [-0.25, -0.2) is 0 Å². The van der Waals surface area contributed by atoms with E-state index in [2.05, 4.69) is 41.4 Å². The molecule has 4 aliphatic rings. The quantitative estimate of drug-likeness (QED) is 0.804. The van der Waals surface area contributed by atoms with Gasteiger partial charge in [0.1, 0.15) is 6.10 Å². The summed E-state index contributed by atoms with van der Waals surface area (Å²) in [6.07, 6.45) is 20.1. The number of carboxylic acids is 1. The third kappa shape index (κ3) is 4.21. The van der Waals surface area contributed by atoms with Gasteiger partial charge in [-0.1, -0.05) is 42.5 Å². The summed E-state index contributed by atoms with van der Waals surface area (Å²) >= 11 is 0. The molecule has 5 heteroatoms. The molecule has 0 aromatic heterocycles. The molecule has 0 spiro atoms. The van der Waals surface area contributed by atoms with E-state index in [9.17, 15) is 9.90 Å². The SMILES string of the molecule is O=C(O)C1CCCN(CCC=C2CC=CC3=COCOC4C=CC=CC4=C32)C1. The molecule has 0 aromatic rings. The molecule has 0 radical (unpaired) electrons. The first kappa shape index (κ1) is 19.0. The molecule has 2 atom stereocenters. The lowest BCUT2D eigenvalue weighted by atomic mass is 9.83. The number of fused-ring (bicyclic) bond motifs is 2. The topological polar surface area (TPSA) is 59.0 Å². The minimum absolute atomic E-state index is 0.0861. The van der Waals surface area contributed by atoms with Gasteiger partial charge < -0.3 is 19.5 Å². The van der Waals surface area contributed by atoms with Crippen molar-refractivity contribution in [2.45, 2.75) is 31.8 Å². The van der Waals surface area contributed by atoms with E-state index in [1.165, 1.54) is 16.7 Å². The summed E-state index contributed by atoms with van der Waals surface area (Å²) in [5, 5.41) is 9.28. The Morgan fingerprint density at radius 1 is 1.32 bits per heavy atom. The van der Waals surface area contributed by atoms with Crippen molar-refractivity contribution in [2.24, 2.45) is 5.92 Å². The number of aliphatic carboxylic acids is 1. The first-order valence-corrected chi connectivity index (χ1v) is 10.1. The molecular formula is C23H27NO4. The Morgan fingerprint density at radius 2 is 2.25 bits per heavy atom. The Balaban J connectivity index is 1.52. The van der Waals surface area contributed by atoms with Crippen molar-refractivity contribution in [2.75, 3.05) is 26.4 Å². The highest BCUT2D eigenvalue weighted by molar-refractivity contribution is 5.70. The molecule has 4 rings (SSSR count). The van der Waals surface area contributed by atoms with Crippen LogP contribution in [0.15, 0.2) is 71.1 Å². The highest BCUT2D eigenvalue weighted by atomic mass is 16.7. The molecule has 2 aliphatic heterocycles. The van der Waals surface area contributed by atoms with Gasteiger partial charge in [-0.05, 0) is 48.9 Å². The summed E-state index contributed by atoms with van der Waals surface area (Å²) in [7, 11) is 0. The number of ether oxygens (including phenoxy) is 2. The van der Waals surface area contributed by atoms with E-state index < -0.39 is 5.97 Å². The maximum absolute atomic E-state index is 11.3. The zero-order valence-corrected chi connectivity index (χ0v) is 16.0. The van der Waals surface area contributed by atoms with Crippen LogP contribution < -0.4 is 0 Å². The standard InChI is InChI=1S/C23H27NO4/c25-23(26)18-9-5-13-24(14-18)12-4-8-17-6-3-7-19-15-27-16-28-21-11-2-1-10-20(21)22(17)19/h1-3,7-8,10-11,15,18,21H,4-6,9,12-14,16H2,(H,25,26). The molecule has 28 heavy (non-hydrogen) atoms. The number of hydrogen-bond donors (Lipinski definition) is 1. The second-order valence-electron chi connectivity index (χ2n) is 7.62. The number of carboxylic acid groups (broad SMARTS) is 1. The molecule has 1 fully saturated rings. The number of rotatable bonds is 4. The summed E-state index contributed by atoms with van der Waals surface area (Å²) in [5.74, 6) is -0.891. The Kier molecular flexibility index (Phi) is 5.93. The molecule has 2 unspecified atom stereocenters. The average Bonchev–Trinajstić information content (AvgIpc) is 2.70. The summed E-state index contributed by atoms with van der Waals surface area (Å²) < 4.78 is 11.4. The highest BCUT2D eigenvalue weighted by Crippen LogP contribution is 2.36. The molecule has 2 aliphatic carbocycles. The zero-order valence-electron chi connectivity index (χ0n) is 16.0. The van der Waals surface area contributed by atoms with Gasteiger partial charge >= 0.3 is 5.97 Å². The Labute approximate surface area is 166 Å². The van der Waals surface area contributed by atoms with Crippen LogP contribution in [0.25, 0.3) is 0 Å². The van der Waals surface area contributed by atoms with Crippen molar-refractivity contribution in [1.29, 1.82) is 0 Å².